The smallest absolute Gasteiger partial charge is 0.226 e. The van der Waals surface area contributed by atoms with Gasteiger partial charge in [-0.25, -0.2) is 0 Å². The fourth-order valence-electron chi connectivity index (χ4n) is 2.77. The van der Waals surface area contributed by atoms with E-state index >= 15 is 0 Å². The normalized spacial score (nSPS) is 13.7. The molecule has 120 valence electrons. The number of aromatic nitrogens is 2. The lowest BCUT2D eigenvalue weighted by atomic mass is 9.90. The Kier molecular flexibility index (Phi) is 4.50. The van der Waals surface area contributed by atoms with Gasteiger partial charge in [-0.15, -0.1) is 0 Å². The topological polar surface area (TPSA) is 85.1 Å². The lowest BCUT2D eigenvalue weighted by Crippen LogP contribution is -2.14. The van der Waals surface area contributed by atoms with Gasteiger partial charge in [-0.1, -0.05) is 11.2 Å². The summed E-state index contributed by atoms with van der Waals surface area (Å²) >= 11 is 0. The molecule has 0 fully saturated rings. The molecule has 1 amide bonds. The first kappa shape index (κ1) is 15.4. The van der Waals surface area contributed by atoms with Gasteiger partial charge in [0, 0.05) is 30.5 Å². The van der Waals surface area contributed by atoms with Crippen molar-refractivity contribution in [3.05, 3.63) is 41.0 Å². The van der Waals surface area contributed by atoms with Crippen LogP contribution < -0.4 is 5.32 Å². The number of anilines is 1. The van der Waals surface area contributed by atoms with Crippen LogP contribution in [-0.4, -0.2) is 21.8 Å². The second-order valence-corrected chi connectivity index (χ2v) is 5.79. The maximum absolute atomic E-state index is 12.0. The van der Waals surface area contributed by atoms with Crippen LogP contribution >= 0.6 is 0 Å². The van der Waals surface area contributed by atoms with Gasteiger partial charge in [-0.2, -0.15) is 4.98 Å². The van der Waals surface area contributed by atoms with E-state index in [1.807, 2.05) is 12.1 Å². The Morgan fingerprint density at radius 1 is 1.35 bits per heavy atom. The molecule has 1 aliphatic rings. The summed E-state index contributed by atoms with van der Waals surface area (Å²) in [5.74, 6) is 1.23. The number of fused-ring (bicyclic) bond motifs is 1. The van der Waals surface area contributed by atoms with Crippen LogP contribution in [0, 0.1) is 6.92 Å². The van der Waals surface area contributed by atoms with Gasteiger partial charge in [-0.05, 0) is 43.9 Å². The quantitative estimate of drug-likeness (QED) is 0.917. The van der Waals surface area contributed by atoms with E-state index in [0.29, 0.717) is 43.1 Å². The molecule has 1 aliphatic carbocycles. The number of benzene rings is 1. The van der Waals surface area contributed by atoms with Crippen LogP contribution in [0.5, 0.6) is 0 Å². The monoisotopic (exact) mass is 313 g/mol. The molecule has 0 bridgehead atoms. The molecule has 0 aliphatic heterocycles. The van der Waals surface area contributed by atoms with Crippen LogP contribution in [0.4, 0.5) is 5.69 Å². The molecule has 6 nitrogen and oxygen atoms in total. The zero-order chi connectivity index (χ0) is 16.2. The number of ketones is 1. The van der Waals surface area contributed by atoms with E-state index in [2.05, 4.69) is 15.5 Å². The number of nitrogens with zero attached hydrogens (tertiary/aromatic N) is 2. The van der Waals surface area contributed by atoms with Crippen molar-refractivity contribution in [1.29, 1.82) is 0 Å². The maximum atomic E-state index is 12.0. The number of rotatable bonds is 5. The van der Waals surface area contributed by atoms with Crippen molar-refractivity contribution in [2.75, 3.05) is 5.32 Å². The Balaban J connectivity index is 1.53. The van der Waals surface area contributed by atoms with E-state index in [-0.39, 0.29) is 11.7 Å². The van der Waals surface area contributed by atoms with Crippen molar-refractivity contribution >= 4 is 17.4 Å². The maximum Gasteiger partial charge on any atom is 0.226 e. The van der Waals surface area contributed by atoms with Gasteiger partial charge in [-0.3, -0.25) is 9.59 Å². The molecule has 0 atom stereocenters. The number of amides is 1. The Bertz CT molecular complexity index is 736. The minimum Gasteiger partial charge on any atom is -0.339 e. The summed E-state index contributed by atoms with van der Waals surface area (Å²) in [7, 11) is 0. The van der Waals surface area contributed by atoms with Gasteiger partial charge in [0.2, 0.25) is 11.8 Å². The third kappa shape index (κ3) is 3.83. The molecule has 0 spiro atoms. The lowest BCUT2D eigenvalue weighted by molar-refractivity contribution is -0.116. The van der Waals surface area contributed by atoms with Gasteiger partial charge in [0.05, 0.1) is 0 Å². The first-order chi connectivity index (χ1) is 11.1. The fraction of sp³-hybridized carbons (Fsp3) is 0.412. The first-order valence-corrected chi connectivity index (χ1v) is 7.87. The standard InChI is InChI=1S/C17H19N3O3/c1-11-18-17(23-20-11)7-3-6-16(22)19-13-9-8-12-4-2-5-15(21)14(12)10-13/h8-10H,2-7H2,1H3,(H,19,22). The molecular formula is C17H19N3O3. The summed E-state index contributed by atoms with van der Waals surface area (Å²) in [4.78, 5) is 28.0. The molecule has 23 heavy (non-hydrogen) atoms. The van der Waals surface area contributed by atoms with Crippen LogP contribution in [0.2, 0.25) is 0 Å². The van der Waals surface area contributed by atoms with E-state index in [1.165, 1.54) is 0 Å². The number of nitrogens with one attached hydrogen (secondary N) is 1. The SMILES string of the molecule is Cc1noc(CCCC(=O)Nc2ccc3c(c2)C(=O)CCC3)n1. The Labute approximate surface area is 134 Å². The summed E-state index contributed by atoms with van der Waals surface area (Å²) < 4.78 is 5.01. The van der Waals surface area contributed by atoms with Crippen LogP contribution in [0.3, 0.4) is 0 Å². The van der Waals surface area contributed by atoms with Crippen molar-refractivity contribution in [2.24, 2.45) is 0 Å². The van der Waals surface area contributed by atoms with Gasteiger partial charge < -0.3 is 9.84 Å². The van der Waals surface area contributed by atoms with Crippen LogP contribution in [0.1, 0.15) is 53.3 Å². The summed E-state index contributed by atoms with van der Waals surface area (Å²) in [6, 6.07) is 5.58. The van der Waals surface area contributed by atoms with Crippen molar-refractivity contribution < 1.29 is 14.1 Å². The summed E-state index contributed by atoms with van der Waals surface area (Å²) in [5, 5.41) is 6.56. The average Bonchev–Trinajstić information content (AvgIpc) is 2.94. The summed E-state index contributed by atoms with van der Waals surface area (Å²) in [6.45, 7) is 1.76. The number of carbonyl (C=O) groups excluding carboxylic acids is 2. The van der Waals surface area contributed by atoms with Crippen LogP contribution in [-0.2, 0) is 17.6 Å². The highest BCUT2D eigenvalue weighted by Crippen LogP contribution is 2.24. The largest absolute Gasteiger partial charge is 0.339 e. The Morgan fingerprint density at radius 3 is 3.00 bits per heavy atom. The summed E-state index contributed by atoms with van der Waals surface area (Å²) in [5.41, 5.74) is 2.50. The summed E-state index contributed by atoms with van der Waals surface area (Å²) in [6.07, 6.45) is 4.01. The highest BCUT2D eigenvalue weighted by Gasteiger charge is 2.17. The number of hydrogen-bond acceptors (Lipinski definition) is 5. The van der Waals surface area contributed by atoms with E-state index in [4.69, 9.17) is 4.52 Å². The first-order valence-electron chi connectivity index (χ1n) is 7.87. The number of hydrogen-bond donors (Lipinski definition) is 1. The second kappa shape index (κ2) is 6.73. The molecule has 1 aromatic heterocycles. The minimum atomic E-state index is -0.0792. The zero-order valence-electron chi connectivity index (χ0n) is 13.1. The van der Waals surface area contributed by atoms with Gasteiger partial charge in [0.15, 0.2) is 11.6 Å². The van der Waals surface area contributed by atoms with Crippen LogP contribution in [0.15, 0.2) is 22.7 Å². The molecule has 0 unspecified atom stereocenters. The molecule has 0 saturated carbocycles. The van der Waals surface area contributed by atoms with Gasteiger partial charge in [0.1, 0.15) is 0 Å². The number of aryl methyl sites for hydroxylation is 3. The van der Waals surface area contributed by atoms with Gasteiger partial charge in [0.25, 0.3) is 0 Å². The van der Waals surface area contributed by atoms with E-state index < -0.39 is 0 Å². The van der Waals surface area contributed by atoms with Crippen molar-refractivity contribution in [1.82, 2.24) is 10.1 Å². The molecule has 1 heterocycles. The van der Waals surface area contributed by atoms with Gasteiger partial charge >= 0.3 is 0 Å². The third-order valence-electron chi connectivity index (χ3n) is 3.91. The molecule has 1 N–H and O–H groups in total. The molecule has 0 saturated heterocycles. The highest BCUT2D eigenvalue weighted by atomic mass is 16.5. The highest BCUT2D eigenvalue weighted by molar-refractivity contribution is 6.00. The van der Waals surface area contributed by atoms with Crippen molar-refractivity contribution in [3.63, 3.8) is 0 Å². The Morgan fingerprint density at radius 2 is 2.22 bits per heavy atom. The second-order valence-electron chi connectivity index (χ2n) is 5.79. The minimum absolute atomic E-state index is 0.0792. The van der Waals surface area contributed by atoms with Crippen LogP contribution in [0.25, 0.3) is 0 Å². The number of carbonyl (C=O) groups is 2. The fourth-order valence-corrected chi connectivity index (χ4v) is 2.77. The predicted molar refractivity (Wildman–Crippen MR) is 84.3 cm³/mol. The van der Waals surface area contributed by atoms with Crippen molar-refractivity contribution in [2.45, 2.75) is 45.4 Å². The Hall–Kier alpha value is -2.50. The molecular weight excluding hydrogens is 294 g/mol. The van der Waals surface area contributed by atoms with Crippen molar-refractivity contribution in [3.8, 4) is 0 Å². The molecule has 1 aromatic carbocycles. The van der Waals surface area contributed by atoms with E-state index in [0.717, 1.165) is 24.0 Å². The third-order valence-corrected chi connectivity index (χ3v) is 3.91. The van der Waals surface area contributed by atoms with E-state index in [1.54, 1.807) is 13.0 Å². The van der Waals surface area contributed by atoms with E-state index in [9.17, 15) is 9.59 Å². The predicted octanol–water partition coefficient (Wildman–Crippen LogP) is 2.86. The molecule has 6 heteroatoms. The lowest BCUT2D eigenvalue weighted by Gasteiger charge is -2.15. The number of Topliss-reactive ketones (excluding diaryl/α,β-unsaturated/α-hetero) is 1. The average molecular weight is 313 g/mol. The molecule has 0 radical (unpaired) electrons. The molecule has 2 aromatic rings. The zero-order valence-corrected chi connectivity index (χ0v) is 13.1. The molecule has 3 rings (SSSR count).